The zero-order valence-corrected chi connectivity index (χ0v) is 10.9. The topological polar surface area (TPSA) is 32.9 Å². The van der Waals surface area contributed by atoms with Crippen LogP contribution in [0.15, 0.2) is 24.4 Å². The minimum absolute atomic E-state index is 0.0311. The van der Waals surface area contributed by atoms with Crippen molar-refractivity contribution in [2.75, 3.05) is 0 Å². The van der Waals surface area contributed by atoms with E-state index in [-0.39, 0.29) is 11.2 Å². The van der Waals surface area contributed by atoms with Crippen LogP contribution in [0.2, 0.25) is 0 Å². The molecule has 2 rings (SSSR count). The minimum Gasteiger partial charge on any atom is -0.360 e. The lowest BCUT2D eigenvalue weighted by molar-refractivity contribution is 0.0941. The van der Waals surface area contributed by atoms with Crippen LogP contribution in [0.25, 0.3) is 10.9 Å². The van der Waals surface area contributed by atoms with Crippen LogP contribution in [0, 0.1) is 12.3 Å². The predicted molar refractivity (Wildman–Crippen MR) is 71.4 cm³/mol. The van der Waals surface area contributed by atoms with Gasteiger partial charge in [0.2, 0.25) is 0 Å². The summed E-state index contributed by atoms with van der Waals surface area (Å²) < 4.78 is 0. The van der Waals surface area contributed by atoms with E-state index >= 15 is 0 Å². The number of aryl methyl sites for hydroxylation is 1. The molecule has 2 nitrogen and oxygen atoms in total. The number of benzene rings is 1. The molecule has 0 aliphatic rings. The number of hydrogen-bond donors (Lipinski definition) is 1. The average Bonchev–Trinajstić information content (AvgIpc) is 2.60. The second kappa shape index (κ2) is 4.02. The van der Waals surface area contributed by atoms with Gasteiger partial charge in [0.15, 0.2) is 5.78 Å². The molecule has 1 aromatic carbocycles. The molecule has 2 aromatic rings. The van der Waals surface area contributed by atoms with Crippen molar-refractivity contribution < 1.29 is 4.79 Å². The molecule has 1 aromatic heterocycles. The van der Waals surface area contributed by atoms with Crippen LogP contribution in [0.4, 0.5) is 0 Å². The Morgan fingerprint density at radius 3 is 2.65 bits per heavy atom. The SMILES string of the molecule is Cc1cccc2[nH]cc(C(=O)CC(C)(C)C)c12. The van der Waals surface area contributed by atoms with Crippen LogP contribution in [0.5, 0.6) is 0 Å². The largest absolute Gasteiger partial charge is 0.360 e. The fourth-order valence-corrected chi connectivity index (χ4v) is 2.16. The van der Waals surface area contributed by atoms with Gasteiger partial charge in [0, 0.05) is 29.1 Å². The Bertz CT molecular complexity index is 558. The molecule has 1 N–H and O–H groups in total. The van der Waals surface area contributed by atoms with E-state index in [1.807, 2.05) is 31.3 Å². The number of rotatable bonds is 2. The zero-order valence-electron chi connectivity index (χ0n) is 10.9. The van der Waals surface area contributed by atoms with E-state index in [2.05, 4.69) is 25.8 Å². The number of carbonyl (C=O) groups excluding carboxylic acids is 1. The van der Waals surface area contributed by atoms with Gasteiger partial charge in [-0.15, -0.1) is 0 Å². The smallest absolute Gasteiger partial charge is 0.165 e. The first kappa shape index (κ1) is 11.9. The van der Waals surface area contributed by atoms with E-state index in [9.17, 15) is 4.79 Å². The third-order valence-electron chi connectivity index (χ3n) is 2.91. The van der Waals surface area contributed by atoms with Gasteiger partial charge >= 0.3 is 0 Å². The van der Waals surface area contributed by atoms with E-state index in [1.165, 1.54) is 0 Å². The van der Waals surface area contributed by atoms with Crippen molar-refractivity contribution in [2.45, 2.75) is 34.1 Å². The van der Waals surface area contributed by atoms with Gasteiger partial charge < -0.3 is 4.98 Å². The lowest BCUT2D eigenvalue weighted by Crippen LogP contribution is -2.12. The van der Waals surface area contributed by atoms with Crippen LogP contribution in [0.3, 0.4) is 0 Å². The standard InChI is InChI=1S/C15H19NO/c1-10-6-5-7-12-14(10)11(9-16-12)13(17)8-15(2,3)4/h5-7,9,16H,8H2,1-4H3. The number of hydrogen-bond acceptors (Lipinski definition) is 1. The van der Waals surface area contributed by atoms with Crippen LogP contribution < -0.4 is 0 Å². The van der Waals surface area contributed by atoms with Gasteiger partial charge in [0.1, 0.15) is 0 Å². The van der Waals surface area contributed by atoms with E-state index in [0.717, 1.165) is 22.0 Å². The van der Waals surface area contributed by atoms with Crippen LogP contribution in [-0.4, -0.2) is 10.8 Å². The van der Waals surface area contributed by atoms with Crippen molar-refractivity contribution >= 4 is 16.7 Å². The fraction of sp³-hybridized carbons (Fsp3) is 0.400. The number of ketones is 1. The zero-order chi connectivity index (χ0) is 12.6. The average molecular weight is 229 g/mol. The fourth-order valence-electron chi connectivity index (χ4n) is 2.16. The van der Waals surface area contributed by atoms with Crippen LogP contribution in [0.1, 0.15) is 43.1 Å². The van der Waals surface area contributed by atoms with Gasteiger partial charge in [-0.2, -0.15) is 0 Å². The highest BCUT2D eigenvalue weighted by molar-refractivity contribution is 6.09. The maximum atomic E-state index is 12.3. The van der Waals surface area contributed by atoms with Crippen molar-refractivity contribution in [2.24, 2.45) is 5.41 Å². The Morgan fingerprint density at radius 1 is 1.29 bits per heavy atom. The van der Waals surface area contributed by atoms with Crippen molar-refractivity contribution in [3.63, 3.8) is 0 Å². The molecule has 0 fully saturated rings. The monoisotopic (exact) mass is 229 g/mol. The molecule has 17 heavy (non-hydrogen) atoms. The maximum absolute atomic E-state index is 12.3. The summed E-state index contributed by atoms with van der Waals surface area (Å²) in [5.41, 5.74) is 3.06. The van der Waals surface area contributed by atoms with E-state index < -0.39 is 0 Å². The Kier molecular flexibility index (Phi) is 2.82. The highest BCUT2D eigenvalue weighted by Crippen LogP contribution is 2.27. The first-order chi connectivity index (χ1) is 7.88. The number of H-pyrrole nitrogens is 1. The molecule has 90 valence electrons. The normalized spacial score (nSPS) is 12.0. The van der Waals surface area contributed by atoms with Crippen molar-refractivity contribution in [3.05, 3.63) is 35.5 Å². The highest BCUT2D eigenvalue weighted by atomic mass is 16.1. The number of Topliss-reactive ketones (excluding diaryl/α,β-unsaturated/α-hetero) is 1. The first-order valence-corrected chi connectivity index (χ1v) is 5.98. The Hall–Kier alpha value is -1.57. The second-order valence-electron chi connectivity index (χ2n) is 5.86. The molecule has 0 spiro atoms. The van der Waals surface area contributed by atoms with E-state index in [4.69, 9.17) is 0 Å². The highest BCUT2D eigenvalue weighted by Gasteiger charge is 2.20. The number of nitrogens with one attached hydrogen (secondary N) is 1. The maximum Gasteiger partial charge on any atom is 0.165 e. The van der Waals surface area contributed by atoms with Gasteiger partial charge in [0.25, 0.3) is 0 Å². The molecule has 0 radical (unpaired) electrons. The van der Waals surface area contributed by atoms with Gasteiger partial charge in [-0.1, -0.05) is 32.9 Å². The summed E-state index contributed by atoms with van der Waals surface area (Å²) in [4.78, 5) is 15.4. The summed E-state index contributed by atoms with van der Waals surface area (Å²) in [7, 11) is 0. The number of fused-ring (bicyclic) bond motifs is 1. The molecule has 0 unspecified atom stereocenters. The molecule has 2 heteroatoms. The minimum atomic E-state index is 0.0311. The molecule has 0 atom stereocenters. The molecular weight excluding hydrogens is 210 g/mol. The van der Waals surface area contributed by atoms with Gasteiger partial charge in [0.05, 0.1) is 0 Å². The summed E-state index contributed by atoms with van der Waals surface area (Å²) in [5.74, 6) is 0.220. The van der Waals surface area contributed by atoms with E-state index in [0.29, 0.717) is 6.42 Å². The van der Waals surface area contributed by atoms with Crippen molar-refractivity contribution in [1.82, 2.24) is 4.98 Å². The molecule has 0 bridgehead atoms. The van der Waals surface area contributed by atoms with Crippen molar-refractivity contribution in [1.29, 1.82) is 0 Å². The Labute approximate surface area is 102 Å². The second-order valence-corrected chi connectivity index (χ2v) is 5.86. The Morgan fingerprint density at radius 2 is 2.00 bits per heavy atom. The molecule has 0 saturated heterocycles. The summed E-state index contributed by atoms with van der Waals surface area (Å²) >= 11 is 0. The van der Waals surface area contributed by atoms with Gasteiger partial charge in [-0.25, -0.2) is 0 Å². The predicted octanol–water partition coefficient (Wildman–Crippen LogP) is 4.10. The third kappa shape index (κ3) is 2.41. The van der Waals surface area contributed by atoms with Gasteiger partial charge in [-0.05, 0) is 24.0 Å². The summed E-state index contributed by atoms with van der Waals surface area (Å²) in [5, 5.41) is 1.07. The first-order valence-electron chi connectivity index (χ1n) is 5.98. The molecule has 0 aliphatic carbocycles. The molecule has 0 saturated carbocycles. The summed E-state index contributed by atoms with van der Waals surface area (Å²) in [6, 6.07) is 6.06. The lowest BCUT2D eigenvalue weighted by atomic mass is 9.87. The molecule has 0 amide bonds. The van der Waals surface area contributed by atoms with Crippen LogP contribution in [-0.2, 0) is 0 Å². The van der Waals surface area contributed by atoms with E-state index in [1.54, 1.807) is 0 Å². The number of aromatic nitrogens is 1. The summed E-state index contributed by atoms with van der Waals surface area (Å²) in [6.45, 7) is 8.32. The molecule has 0 aliphatic heterocycles. The quantitative estimate of drug-likeness (QED) is 0.773. The molecule has 1 heterocycles. The number of carbonyl (C=O) groups is 1. The molecular formula is C15H19NO. The summed E-state index contributed by atoms with van der Waals surface area (Å²) in [6.07, 6.45) is 2.42. The number of aromatic amines is 1. The van der Waals surface area contributed by atoms with Crippen LogP contribution >= 0.6 is 0 Å². The lowest BCUT2D eigenvalue weighted by Gasteiger charge is -2.16. The van der Waals surface area contributed by atoms with Gasteiger partial charge in [-0.3, -0.25) is 4.79 Å². The Balaban J connectivity index is 2.46. The van der Waals surface area contributed by atoms with Crippen molar-refractivity contribution in [3.8, 4) is 0 Å². The third-order valence-corrected chi connectivity index (χ3v) is 2.91.